The Morgan fingerprint density at radius 2 is 1.92 bits per heavy atom. The van der Waals surface area contributed by atoms with E-state index in [0.717, 1.165) is 23.4 Å². The van der Waals surface area contributed by atoms with Crippen LogP contribution in [0.4, 0.5) is 0 Å². The van der Waals surface area contributed by atoms with Gasteiger partial charge in [-0.2, -0.15) is 5.10 Å². The lowest BCUT2D eigenvalue weighted by molar-refractivity contribution is -0.144. The number of carbonyl (C=O) groups excluding carboxylic acids is 1. The largest absolute Gasteiger partial charge is 0.481 e. The summed E-state index contributed by atoms with van der Waals surface area (Å²) in [7, 11) is 0. The van der Waals surface area contributed by atoms with E-state index in [0.29, 0.717) is 25.1 Å². The predicted octanol–water partition coefficient (Wildman–Crippen LogP) is 2.87. The molecule has 2 aromatic rings. The zero-order valence-corrected chi connectivity index (χ0v) is 15.5. The molecule has 1 aliphatic heterocycles. The van der Waals surface area contributed by atoms with Gasteiger partial charge in [-0.3, -0.25) is 14.3 Å². The Bertz CT molecular complexity index is 810. The van der Waals surface area contributed by atoms with E-state index in [4.69, 9.17) is 0 Å². The normalized spacial score (nSPS) is 20.2. The van der Waals surface area contributed by atoms with Gasteiger partial charge >= 0.3 is 5.97 Å². The van der Waals surface area contributed by atoms with Gasteiger partial charge in [-0.15, -0.1) is 0 Å². The van der Waals surface area contributed by atoms with E-state index in [1.807, 2.05) is 55.8 Å². The molecule has 1 fully saturated rings. The van der Waals surface area contributed by atoms with Crippen LogP contribution >= 0.6 is 0 Å². The van der Waals surface area contributed by atoms with Crippen molar-refractivity contribution in [2.24, 2.45) is 5.92 Å². The molecule has 1 aromatic heterocycles. The van der Waals surface area contributed by atoms with Gasteiger partial charge in [0.25, 0.3) is 5.91 Å². The topological polar surface area (TPSA) is 75.4 Å². The van der Waals surface area contributed by atoms with Gasteiger partial charge in [0, 0.05) is 23.8 Å². The Morgan fingerprint density at radius 3 is 2.50 bits per heavy atom. The zero-order valence-electron chi connectivity index (χ0n) is 15.5. The number of aryl methyl sites for hydroxylation is 2. The van der Waals surface area contributed by atoms with Gasteiger partial charge in [-0.05, 0) is 57.4 Å². The molecule has 3 rings (SSSR count). The van der Waals surface area contributed by atoms with Crippen molar-refractivity contribution in [2.75, 3.05) is 6.54 Å². The van der Waals surface area contributed by atoms with E-state index in [9.17, 15) is 14.7 Å². The standard InChI is InChI=1S/C20H25N3O3/c1-13-11-14(2)23(21-13)12-16-6-8-17(9-7-16)19(24)22-10-4-5-18(15(22)3)20(25)26/h6-9,11,15,18H,4-5,10,12H2,1-3H3,(H,25,26)/t15-,18-/m1/s1. The molecule has 0 aliphatic carbocycles. The summed E-state index contributed by atoms with van der Waals surface area (Å²) in [5.41, 5.74) is 3.76. The maximum absolute atomic E-state index is 12.8. The average Bonchev–Trinajstić information content (AvgIpc) is 2.92. The second-order valence-corrected chi connectivity index (χ2v) is 7.11. The van der Waals surface area contributed by atoms with E-state index in [-0.39, 0.29) is 11.9 Å². The molecule has 26 heavy (non-hydrogen) atoms. The Hall–Kier alpha value is -2.63. The third-order valence-corrected chi connectivity index (χ3v) is 5.20. The summed E-state index contributed by atoms with van der Waals surface area (Å²) in [6.07, 6.45) is 1.35. The molecule has 0 bridgehead atoms. The fraction of sp³-hybridized carbons (Fsp3) is 0.450. The molecular weight excluding hydrogens is 330 g/mol. The van der Waals surface area contributed by atoms with Crippen molar-refractivity contribution < 1.29 is 14.7 Å². The van der Waals surface area contributed by atoms with Crippen LogP contribution in [-0.4, -0.2) is 44.3 Å². The van der Waals surface area contributed by atoms with Crippen LogP contribution in [0.1, 0.15) is 47.1 Å². The maximum atomic E-state index is 12.8. The van der Waals surface area contributed by atoms with Crippen LogP contribution in [0.25, 0.3) is 0 Å². The number of piperidine rings is 1. The Morgan fingerprint density at radius 1 is 1.23 bits per heavy atom. The first kappa shape index (κ1) is 18.2. The van der Waals surface area contributed by atoms with Gasteiger partial charge in [-0.1, -0.05) is 12.1 Å². The molecule has 0 spiro atoms. The number of nitrogens with zero attached hydrogens (tertiary/aromatic N) is 3. The minimum absolute atomic E-state index is 0.0962. The van der Waals surface area contributed by atoms with E-state index in [2.05, 4.69) is 5.10 Å². The highest BCUT2D eigenvalue weighted by molar-refractivity contribution is 5.94. The van der Waals surface area contributed by atoms with Crippen LogP contribution in [0.2, 0.25) is 0 Å². The Kier molecular flexibility index (Phi) is 5.11. The molecular formula is C20H25N3O3. The number of carboxylic acid groups (broad SMARTS) is 1. The lowest BCUT2D eigenvalue weighted by Crippen LogP contribution is -2.49. The van der Waals surface area contributed by atoms with Crippen molar-refractivity contribution >= 4 is 11.9 Å². The van der Waals surface area contributed by atoms with Crippen LogP contribution in [0.5, 0.6) is 0 Å². The van der Waals surface area contributed by atoms with Crippen molar-refractivity contribution in [1.82, 2.24) is 14.7 Å². The van der Waals surface area contributed by atoms with Gasteiger partial charge in [0.15, 0.2) is 0 Å². The predicted molar refractivity (Wildman–Crippen MR) is 98.1 cm³/mol. The lowest BCUT2D eigenvalue weighted by Gasteiger charge is -2.37. The summed E-state index contributed by atoms with van der Waals surface area (Å²) in [4.78, 5) is 25.9. The van der Waals surface area contributed by atoms with Gasteiger partial charge in [0.1, 0.15) is 0 Å². The minimum Gasteiger partial charge on any atom is -0.481 e. The summed E-state index contributed by atoms with van der Waals surface area (Å²) >= 11 is 0. The molecule has 138 valence electrons. The first-order chi connectivity index (χ1) is 12.4. The lowest BCUT2D eigenvalue weighted by atomic mass is 9.90. The molecule has 1 aromatic carbocycles. The molecule has 1 amide bonds. The molecule has 6 heteroatoms. The van der Waals surface area contributed by atoms with Crippen LogP contribution in [0.3, 0.4) is 0 Å². The van der Waals surface area contributed by atoms with E-state index >= 15 is 0 Å². The average molecular weight is 355 g/mol. The second kappa shape index (κ2) is 7.32. The van der Waals surface area contributed by atoms with Crippen LogP contribution in [0.15, 0.2) is 30.3 Å². The van der Waals surface area contributed by atoms with Gasteiger partial charge in [0.05, 0.1) is 18.2 Å². The fourth-order valence-corrected chi connectivity index (χ4v) is 3.69. The molecule has 1 saturated heterocycles. The Balaban J connectivity index is 1.72. The van der Waals surface area contributed by atoms with Crippen molar-refractivity contribution in [1.29, 1.82) is 0 Å². The molecule has 2 heterocycles. The smallest absolute Gasteiger partial charge is 0.308 e. The molecule has 6 nitrogen and oxygen atoms in total. The number of aliphatic carboxylic acids is 1. The summed E-state index contributed by atoms with van der Waals surface area (Å²) in [6, 6.07) is 9.26. The molecule has 0 unspecified atom stereocenters. The van der Waals surface area contributed by atoms with E-state index < -0.39 is 11.9 Å². The third kappa shape index (κ3) is 3.64. The highest BCUT2D eigenvalue weighted by Crippen LogP contribution is 2.25. The fourth-order valence-electron chi connectivity index (χ4n) is 3.69. The number of benzene rings is 1. The molecule has 0 radical (unpaired) electrons. The summed E-state index contributed by atoms with van der Waals surface area (Å²) in [5.74, 6) is -1.41. The number of hydrogen-bond donors (Lipinski definition) is 1. The SMILES string of the molecule is Cc1cc(C)n(Cc2ccc(C(=O)N3CCC[C@@H](C(=O)O)[C@H]3C)cc2)n1. The second-order valence-electron chi connectivity index (χ2n) is 7.11. The van der Waals surface area contributed by atoms with Crippen LogP contribution in [-0.2, 0) is 11.3 Å². The summed E-state index contributed by atoms with van der Waals surface area (Å²) in [6.45, 7) is 7.09. The number of hydrogen-bond acceptors (Lipinski definition) is 3. The minimum atomic E-state index is -0.824. The number of rotatable bonds is 4. The monoisotopic (exact) mass is 355 g/mol. The highest BCUT2D eigenvalue weighted by atomic mass is 16.4. The molecule has 0 saturated carbocycles. The quantitative estimate of drug-likeness (QED) is 0.915. The number of carboxylic acids is 1. The summed E-state index contributed by atoms with van der Waals surface area (Å²) < 4.78 is 1.94. The first-order valence-electron chi connectivity index (χ1n) is 9.00. The summed E-state index contributed by atoms with van der Waals surface area (Å²) in [5, 5.41) is 13.8. The van der Waals surface area contributed by atoms with Crippen LogP contribution in [0, 0.1) is 19.8 Å². The number of likely N-dealkylation sites (tertiary alicyclic amines) is 1. The van der Waals surface area contributed by atoms with Gasteiger partial charge in [0.2, 0.25) is 0 Å². The van der Waals surface area contributed by atoms with E-state index in [1.54, 1.807) is 4.90 Å². The van der Waals surface area contributed by atoms with Gasteiger partial charge < -0.3 is 10.0 Å². The first-order valence-corrected chi connectivity index (χ1v) is 9.00. The number of carbonyl (C=O) groups is 2. The number of aromatic nitrogens is 2. The van der Waals surface area contributed by atoms with Crippen molar-refractivity contribution in [2.45, 2.75) is 46.2 Å². The molecule has 2 atom stereocenters. The van der Waals surface area contributed by atoms with Gasteiger partial charge in [-0.25, -0.2) is 0 Å². The zero-order chi connectivity index (χ0) is 18.8. The maximum Gasteiger partial charge on any atom is 0.308 e. The van der Waals surface area contributed by atoms with Crippen LogP contribution < -0.4 is 0 Å². The van der Waals surface area contributed by atoms with Crippen molar-refractivity contribution in [3.8, 4) is 0 Å². The Labute approximate surface area is 153 Å². The van der Waals surface area contributed by atoms with Crippen molar-refractivity contribution in [3.05, 3.63) is 52.8 Å². The molecule has 1 N–H and O–H groups in total. The number of amides is 1. The van der Waals surface area contributed by atoms with Crippen molar-refractivity contribution in [3.63, 3.8) is 0 Å². The molecule has 1 aliphatic rings. The highest BCUT2D eigenvalue weighted by Gasteiger charge is 2.35. The van der Waals surface area contributed by atoms with E-state index in [1.165, 1.54) is 0 Å². The third-order valence-electron chi connectivity index (χ3n) is 5.20.